The summed E-state index contributed by atoms with van der Waals surface area (Å²) < 4.78 is 85.0. The Labute approximate surface area is 227 Å². The Morgan fingerprint density at radius 3 is 2.10 bits per heavy atom. The zero-order chi connectivity index (χ0) is 29.5. The van der Waals surface area contributed by atoms with Crippen LogP contribution in [0.4, 0.5) is 37.7 Å². The summed E-state index contributed by atoms with van der Waals surface area (Å²) in [5.74, 6) is -0.992. The van der Waals surface area contributed by atoms with Crippen LogP contribution in [0.3, 0.4) is 0 Å². The van der Waals surface area contributed by atoms with Gasteiger partial charge in [0.1, 0.15) is 5.76 Å². The van der Waals surface area contributed by atoms with Gasteiger partial charge in [-0.1, -0.05) is 20.3 Å². The molecule has 6 nitrogen and oxygen atoms in total. The third kappa shape index (κ3) is 8.03. The molecule has 1 heterocycles. The van der Waals surface area contributed by atoms with Crippen LogP contribution >= 0.6 is 0 Å². The number of amides is 2. The molecule has 0 fully saturated rings. The molecular weight excluding hydrogens is 540 g/mol. The molecule has 0 aliphatic heterocycles. The normalized spacial score (nSPS) is 11.8. The highest BCUT2D eigenvalue weighted by molar-refractivity contribution is 6.06. The lowest BCUT2D eigenvalue weighted by Gasteiger charge is -2.26. The van der Waals surface area contributed by atoms with E-state index in [1.807, 2.05) is 18.7 Å². The number of carbonyl (C=O) groups is 2. The van der Waals surface area contributed by atoms with Crippen LogP contribution in [0.5, 0.6) is 0 Å². The number of anilines is 2. The van der Waals surface area contributed by atoms with Gasteiger partial charge >= 0.3 is 12.4 Å². The van der Waals surface area contributed by atoms with Gasteiger partial charge in [-0.2, -0.15) is 26.3 Å². The topological polar surface area (TPSA) is 74.6 Å². The number of alkyl halides is 6. The van der Waals surface area contributed by atoms with Gasteiger partial charge < -0.3 is 20.0 Å². The summed E-state index contributed by atoms with van der Waals surface area (Å²) in [6, 6.07) is 8.52. The van der Waals surface area contributed by atoms with Gasteiger partial charge in [-0.3, -0.25) is 9.59 Å². The van der Waals surface area contributed by atoms with E-state index >= 15 is 0 Å². The largest absolute Gasteiger partial charge is 0.467 e. The van der Waals surface area contributed by atoms with Crippen LogP contribution in [0, 0.1) is 0 Å². The van der Waals surface area contributed by atoms with Crippen molar-refractivity contribution < 1.29 is 40.3 Å². The minimum absolute atomic E-state index is 0.0230. The summed E-state index contributed by atoms with van der Waals surface area (Å²) in [6.45, 7) is 5.16. The number of hydrogen-bond acceptors (Lipinski definition) is 4. The summed E-state index contributed by atoms with van der Waals surface area (Å²) >= 11 is 0. The van der Waals surface area contributed by atoms with Crippen molar-refractivity contribution in [1.82, 2.24) is 5.32 Å². The van der Waals surface area contributed by atoms with Gasteiger partial charge in [-0.25, -0.2) is 0 Å². The molecule has 2 amide bonds. The van der Waals surface area contributed by atoms with Crippen LogP contribution in [0.1, 0.15) is 70.7 Å². The number of unbranched alkanes of at least 4 members (excludes halogenated alkanes) is 1. The van der Waals surface area contributed by atoms with E-state index in [1.54, 1.807) is 18.2 Å². The predicted octanol–water partition coefficient (Wildman–Crippen LogP) is 7.52. The van der Waals surface area contributed by atoms with E-state index in [0.717, 1.165) is 12.8 Å². The van der Waals surface area contributed by atoms with Crippen LogP contribution in [-0.2, 0) is 18.9 Å². The second-order valence-electron chi connectivity index (χ2n) is 9.09. The molecule has 0 radical (unpaired) electrons. The van der Waals surface area contributed by atoms with Gasteiger partial charge in [0.25, 0.3) is 11.8 Å². The second-order valence-corrected chi connectivity index (χ2v) is 9.09. The number of furan rings is 1. The molecular formula is C28H29F6N3O3. The van der Waals surface area contributed by atoms with Crippen LogP contribution in [0.15, 0.2) is 59.2 Å². The van der Waals surface area contributed by atoms with Gasteiger partial charge in [-0.05, 0) is 61.4 Å². The van der Waals surface area contributed by atoms with Crippen molar-refractivity contribution in [2.24, 2.45) is 0 Å². The van der Waals surface area contributed by atoms with Crippen molar-refractivity contribution >= 4 is 23.2 Å². The van der Waals surface area contributed by atoms with Crippen molar-refractivity contribution in [3.05, 3.63) is 82.8 Å². The number of hydrogen-bond donors (Lipinski definition) is 2. The van der Waals surface area contributed by atoms with Gasteiger partial charge in [0, 0.05) is 24.3 Å². The minimum atomic E-state index is -5.10. The standard InChI is InChI=1S/C28H29F6N3O3/c1-3-5-11-37(17-22-7-6-12-40-22)24-9-8-21(16-23(24)26(39)35-10-4-2)36-25(38)18-13-19(27(29,30)31)15-20(14-18)28(32,33)34/h6-9,12-16H,3-5,10-11,17H2,1-2H3,(H,35,39)(H,36,38). The first-order chi connectivity index (χ1) is 18.8. The highest BCUT2D eigenvalue weighted by Crippen LogP contribution is 2.36. The summed E-state index contributed by atoms with van der Waals surface area (Å²) in [4.78, 5) is 27.9. The first-order valence-corrected chi connectivity index (χ1v) is 12.6. The molecule has 216 valence electrons. The minimum Gasteiger partial charge on any atom is -0.467 e. The smallest absolute Gasteiger partial charge is 0.416 e. The zero-order valence-electron chi connectivity index (χ0n) is 21.9. The summed E-state index contributed by atoms with van der Waals surface area (Å²) in [7, 11) is 0. The quantitative estimate of drug-likeness (QED) is 0.234. The lowest BCUT2D eigenvalue weighted by Crippen LogP contribution is -2.30. The van der Waals surface area contributed by atoms with E-state index < -0.39 is 40.9 Å². The maximum Gasteiger partial charge on any atom is 0.416 e. The van der Waals surface area contributed by atoms with Crippen LogP contribution in [0.25, 0.3) is 0 Å². The molecule has 2 N–H and O–H groups in total. The first kappa shape index (κ1) is 30.6. The molecule has 2 aromatic carbocycles. The van der Waals surface area contributed by atoms with Gasteiger partial charge in [0.2, 0.25) is 0 Å². The molecule has 3 aromatic rings. The number of rotatable bonds is 11. The lowest BCUT2D eigenvalue weighted by atomic mass is 10.0. The van der Waals surface area contributed by atoms with Crippen LogP contribution < -0.4 is 15.5 Å². The third-order valence-corrected chi connectivity index (χ3v) is 5.93. The molecule has 3 rings (SSSR count). The van der Waals surface area contributed by atoms with Crippen molar-refractivity contribution in [3.8, 4) is 0 Å². The Kier molecular flexibility index (Phi) is 9.88. The molecule has 12 heteroatoms. The lowest BCUT2D eigenvalue weighted by molar-refractivity contribution is -0.143. The SMILES string of the molecule is CCCCN(Cc1ccco1)c1ccc(NC(=O)c2cc(C(F)(F)F)cc(C(F)(F)F)c2)cc1C(=O)NCCC. The Morgan fingerprint density at radius 2 is 1.55 bits per heavy atom. The van der Waals surface area contributed by atoms with E-state index in [9.17, 15) is 35.9 Å². The molecule has 0 saturated heterocycles. The average Bonchev–Trinajstić information content (AvgIpc) is 3.41. The molecule has 40 heavy (non-hydrogen) atoms. The monoisotopic (exact) mass is 569 g/mol. The predicted molar refractivity (Wildman–Crippen MR) is 138 cm³/mol. The van der Waals surface area contributed by atoms with Gasteiger partial charge in [-0.15, -0.1) is 0 Å². The highest BCUT2D eigenvalue weighted by Gasteiger charge is 2.37. The molecule has 0 aliphatic rings. The number of halogens is 6. The molecule has 0 spiro atoms. The highest BCUT2D eigenvalue weighted by atomic mass is 19.4. The average molecular weight is 570 g/mol. The zero-order valence-corrected chi connectivity index (χ0v) is 21.9. The fraction of sp³-hybridized carbons (Fsp3) is 0.357. The van der Waals surface area contributed by atoms with Crippen molar-refractivity contribution in [2.75, 3.05) is 23.3 Å². The van der Waals surface area contributed by atoms with E-state index in [2.05, 4.69) is 10.6 Å². The number of carbonyl (C=O) groups excluding carboxylic acids is 2. The Hall–Kier alpha value is -3.96. The Bertz CT molecular complexity index is 1270. The maximum atomic E-state index is 13.3. The maximum absolute atomic E-state index is 13.3. The van der Waals surface area contributed by atoms with E-state index in [4.69, 9.17) is 4.42 Å². The fourth-order valence-corrected chi connectivity index (χ4v) is 3.92. The molecule has 0 aliphatic carbocycles. The van der Waals surface area contributed by atoms with Gasteiger partial charge in [0.15, 0.2) is 0 Å². The van der Waals surface area contributed by atoms with Gasteiger partial charge in [0.05, 0.1) is 35.2 Å². The van der Waals surface area contributed by atoms with Crippen LogP contribution in [-0.4, -0.2) is 24.9 Å². The Balaban J connectivity index is 2.00. The molecule has 0 bridgehead atoms. The molecule has 0 unspecified atom stereocenters. The van der Waals surface area contributed by atoms with E-state index in [1.165, 1.54) is 18.4 Å². The molecule has 0 atom stereocenters. The summed E-state index contributed by atoms with van der Waals surface area (Å²) in [5.41, 5.74) is -3.32. The first-order valence-electron chi connectivity index (χ1n) is 12.6. The summed E-state index contributed by atoms with van der Waals surface area (Å²) in [5, 5.41) is 5.10. The molecule has 0 saturated carbocycles. The number of nitrogens with one attached hydrogen (secondary N) is 2. The fourth-order valence-electron chi connectivity index (χ4n) is 3.92. The second kappa shape index (κ2) is 12.9. The van der Waals surface area contributed by atoms with E-state index in [-0.39, 0.29) is 17.3 Å². The third-order valence-electron chi connectivity index (χ3n) is 5.93. The van der Waals surface area contributed by atoms with E-state index in [0.29, 0.717) is 49.6 Å². The molecule has 1 aromatic heterocycles. The van der Waals surface area contributed by atoms with Crippen LogP contribution in [0.2, 0.25) is 0 Å². The van der Waals surface area contributed by atoms with Crippen molar-refractivity contribution in [1.29, 1.82) is 0 Å². The van der Waals surface area contributed by atoms with Crippen molar-refractivity contribution in [2.45, 2.75) is 52.0 Å². The number of nitrogens with zero attached hydrogens (tertiary/aromatic N) is 1. The summed E-state index contributed by atoms with van der Waals surface area (Å²) in [6.07, 6.45) is -6.35. The Morgan fingerprint density at radius 1 is 0.875 bits per heavy atom. The van der Waals surface area contributed by atoms with Crippen molar-refractivity contribution in [3.63, 3.8) is 0 Å². The number of benzene rings is 2.